The molecule has 0 aliphatic carbocycles. The summed E-state index contributed by atoms with van der Waals surface area (Å²) in [5.41, 5.74) is 14.6. The smallest absolute Gasteiger partial charge is 0.0351 e. The van der Waals surface area contributed by atoms with E-state index in [1.165, 1.54) is 83.0 Å². The number of methoxy groups -OCH3 is 1. The van der Waals surface area contributed by atoms with Crippen LogP contribution in [0.15, 0.2) is 382 Å². The third-order valence-electron chi connectivity index (χ3n) is 15.6. The van der Waals surface area contributed by atoms with Gasteiger partial charge in [0.05, 0.1) is 0 Å². The molecule has 0 unspecified atom stereocenters. The van der Waals surface area contributed by atoms with Gasteiger partial charge < -0.3 is 19.4 Å². The first kappa shape index (κ1) is 121. The van der Waals surface area contributed by atoms with Crippen LogP contribution in [-0.4, -0.2) is 68.5 Å². The molecule has 14 rings (SSSR count). The molecule has 0 saturated carbocycles. The van der Waals surface area contributed by atoms with E-state index in [1.807, 2.05) is 291 Å². The van der Waals surface area contributed by atoms with Crippen molar-refractivity contribution >= 4 is 32.9 Å². The van der Waals surface area contributed by atoms with Gasteiger partial charge in [0.2, 0.25) is 0 Å². The maximum Gasteiger partial charge on any atom is 0.0351 e. The second kappa shape index (κ2) is 88.5. The Morgan fingerprint density at radius 1 is 0.225 bits per heavy atom. The molecule has 14 aromatic carbocycles. The van der Waals surface area contributed by atoms with Crippen LogP contribution < -0.4 is 9.80 Å². The van der Waals surface area contributed by atoms with Crippen molar-refractivity contribution < 1.29 is 37.4 Å². The summed E-state index contributed by atoms with van der Waals surface area (Å²) in [5, 5.41) is 5.34. The Labute approximate surface area is 763 Å². The number of nitrogens with zero attached hydrogens (tertiary/aromatic N) is 3. The van der Waals surface area contributed by atoms with Crippen molar-refractivity contribution in [2.75, 3.05) is 73.4 Å². The molecule has 0 atom stereocenters. The SMILES string of the molecule is CC.CC.CC.CC.CC.CC.CC.CC.CC.CC.CC.CN(C)C.CN(C)c1cc[c-]cc1.CN(C)c1cc[c-]cc1.COC.[Y].c1ccc(C(c2ccccc2)C(c2ccccc2)c2ccccc2)cc1.c1ccc(C(c2ccccc2)c2ccccc2)cc1.c1ccc2c(Cc3cccc4ccccc34)cccc2c1.c1ccccc1. The summed E-state index contributed by atoms with van der Waals surface area (Å²) >= 11 is 0. The van der Waals surface area contributed by atoms with Gasteiger partial charge in [-0.25, -0.2) is 0 Å². The van der Waals surface area contributed by atoms with Crippen molar-refractivity contribution in [1.29, 1.82) is 0 Å². The van der Waals surface area contributed by atoms with Crippen LogP contribution in [-0.2, 0) is 43.9 Å². The van der Waals surface area contributed by atoms with Gasteiger partial charge in [-0.15, -0.1) is 24.3 Å². The maximum atomic E-state index is 4.25. The predicted molar refractivity (Wildman–Crippen MR) is 543 cm³/mol. The zero-order chi connectivity index (χ0) is 90.5. The molecule has 0 spiro atoms. The van der Waals surface area contributed by atoms with Gasteiger partial charge in [0.1, 0.15) is 0 Å². The summed E-state index contributed by atoms with van der Waals surface area (Å²) in [5.74, 6) is 0.841. The number of ether oxygens (including phenoxy) is 1. The molecule has 14 aromatic rings. The Hall–Kier alpha value is -9.78. The number of anilines is 2. The molecule has 0 aliphatic heterocycles. The van der Waals surface area contributed by atoms with E-state index >= 15 is 0 Å². The molecule has 1 radical (unpaired) electrons. The van der Waals surface area contributed by atoms with E-state index < -0.39 is 0 Å². The maximum absolute atomic E-state index is 4.25. The summed E-state index contributed by atoms with van der Waals surface area (Å²) in [7, 11) is 17.3. The third-order valence-corrected chi connectivity index (χ3v) is 15.6. The quantitative estimate of drug-likeness (QED) is 0.0896. The fourth-order valence-corrected chi connectivity index (χ4v) is 11.1. The van der Waals surface area contributed by atoms with Crippen molar-refractivity contribution in [1.82, 2.24) is 4.90 Å². The minimum absolute atomic E-state index is 0. The molecular weight excluding hydrogens is 1530 g/mol. The van der Waals surface area contributed by atoms with Crippen LogP contribution >= 0.6 is 0 Å². The van der Waals surface area contributed by atoms with E-state index in [1.54, 1.807) is 14.2 Å². The van der Waals surface area contributed by atoms with Crippen LogP contribution in [0.5, 0.6) is 0 Å². The molecule has 0 aliphatic rings. The van der Waals surface area contributed by atoms with E-state index in [0.717, 1.165) is 6.42 Å². The fraction of sp³-hybridized carbons (Fsp3) is 0.304. The molecule has 0 N–H and O–H groups in total. The Morgan fingerprint density at radius 3 is 0.583 bits per heavy atom. The molecule has 4 nitrogen and oxygen atoms in total. The zero-order valence-electron chi connectivity index (χ0n) is 80.6. The van der Waals surface area contributed by atoms with Gasteiger partial charge >= 0.3 is 0 Å². The normalized spacial score (nSPS) is 8.76. The zero-order valence-corrected chi connectivity index (χ0v) is 83.5. The predicted octanol–water partition coefficient (Wildman–Crippen LogP) is 33.6. The molecule has 0 heterocycles. The first-order chi connectivity index (χ1) is 58.6. The van der Waals surface area contributed by atoms with E-state index in [-0.39, 0.29) is 44.5 Å². The molecule has 0 saturated heterocycles. The Morgan fingerprint density at radius 2 is 0.392 bits per heavy atom. The Balaban J connectivity index is -0.000000316. The van der Waals surface area contributed by atoms with Gasteiger partial charge in [-0.05, 0) is 99.2 Å². The number of hydrogen-bond donors (Lipinski definition) is 0. The first-order valence-corrected chi connectivity index (χ1v) is 44.1. The Kier molecular flexibility index (Phi) is 89.3. The summed E-state index contributed by atoms with van der Waals surface area (Å²) in [4.78, 5) is 6.13. The Bertz CT molecular complexity index is 3850. The van der Waals surface area contributed by atoms with Crippen LogP contribution in [0.2, 0.25) is 0 Å². The number of hydrogen-bond acceptors (Lipinski definition) is 4. The van der Waals surface area contributed by atoms with Crippen molar-refractivity contribution in [3.8, 4) is 0 Å². The molecule has 5 heteroatoms. The second-order valence-electron chi connectivity index (χ2n) is 23.9. The van der Waals surface area contributed by atoms with E-state index in [4.69, 9.17) is 0 Å². The van der Waals surface area contributed by atoms with Gasteiger partial charge in [0.25, 0.3) is 0 Å². The average Bonchev–Trinajstić information content (AvgIpc) is 0.793. The topological polar surface area (TPSA) is 19.0 Å². The number of rotatable bonds is 12. The van der Waals surface area contributed by atoms with Crippen LogP contribution in [0, 0.1) is 12.1 Å². The minimum Gasteiger partial charge on any atom is -0.399 e. The third kappa shape index (κ3) is 52.3. The summed E-state index contributed by atoms with van der Waals surface area (Å²) < 4.78 is 4.25. The van der Waals surface area contributed by atoms with Crippen molar-refractivity contribution in [2.45, 2.75) is 176 Å². The number of fused-ring (bicyclic) bond motifs is 2. The van der Waals surface area contributed by atoms with Crippen molar-refractivity contribution in [2.24, 2.45) is 0 Å². The van der Waals surface area contributed by atoms with Gasteiger partial charge in [-0.3, -0.25) is 0 Å². The van der Waals surface area contributed by atoms with Gasteiger partial charge in [0, 0.05) is 92.9 Å². The van der Waals surface area contributed by atoms with Crippen LogP contribution in [0.3, 0.4) is 0 Å². The molecular formula is C115H161N3OY-2. The molecule has 0 bridgehead atoms. The van der Waals surface area contributed by atoms with E-state index in [2.05, 4.69) is 324 Å². The van der Waals surface area contributed by atoms with E-state index in [0.29, 0.717) is 5.92 Å². The fourth-order valence-electron chi connectivity index (χ4n) is 11.1. The van der Waals surface area contributed by atoms with Crippen LogP contribution in [0.1, 0.15) is 220 Å². The molecule has 0 fully saturated rings. The molecule has 0 aromatic heterocycles. The molecule has 0 amide bonds. The first-order valence-electron chi connectivity index (χ1n) is 44.1. The van der Waals surface area contributed by atoms with Crippen molar-refractivity contribution in [3.63, 3.8) is 0 Å². The largest absolute Gasteiger partial charge is 0.399 e. The molecule has 647 valence electrons. The van der Waals surface area contributed by atoms with Gasteiger partial charge in [-0.1, -0.05) is 497 Å². The number of benzene rings is 14. The van der Waals surface area contributed by atoms with Crippen LogP contribution in [0.4, 0.5) is 11.4 Å². The summed E-state index contributed by atoms with van der Waals surface area (Å²) in [6.07, 6.45) is 0.975. The van der Waals surface area contributed by atoms with E-state index in [9.17, 15) is 0 Å². The van der Waals surface area contributed by atoms with Crippen LogP contribution in [0.25, 0.3) is 21.5 Å². The molecule has 120 heavy (non-hydrogen) atoms. The summed E-state index contributed by atoms with van der Waals surface area (Å²) in [6, 6.07) is 140. The van der Waals surface area contributed by atoms with Gasteiger partial charge in [-0.2, -0.15) is 36.4 Å². The second-order valence-corrected chi connectivity index (χ2v) is 23.9. The van der Waals surface area contributed by atoms with Gasteiger partial charge in [0.15, 0.2) is 0 Å². The van der Waals surface area contributed by atoms with Crippen molar-refractivity contribution in [3.05, 3.63) is 444 Å². The standard InChI is InChI=1S/C26H22.C21H16.C19H16.2C8H10N.C6H6.C3H9N.C2H6O.11C2H6.Y/c1-5-13-21(14-6-1)25(22-15-7-2-8-16-22)26(23-17-9-3-10-18-23)24-19-11-4-12-20-24;1-3-13-20-16(7-1)9-5-11-18(20)15-19-12-6-10-17-8-2-4-14-21(17)19;1-4-10-16(11-5-1)19(17-12-6-2-7-13-17)18-14-8-3-9-15-18;2*1-9(2)8-6-4-3-5-7-8;1-2-4-6-5-3-1;1-4(2)3;1-3-2;11*1-2;/h1-20,25-26H;1-14H,15H2;1-15,19H;2*4-7H,1-2H3;1-6H;1-3H3;1-2H3;11*1-2H3;/q;;;2*-1;;;;;;;;;;;;;;;. The average molecular weight is 1690 g/mol. The minimum atomic E-state index is 0. The monoisotopic (exact) mass is 1690 g/mol. The summed E-state index contributed by atoms with van der Waals surface area (Å²) in [6.45, 7) is 44.0.